The number of H-pyrrole nitrogens is 1. The summed E-state index contributed by atoms with van der Waals surface area (Å²) in [4.78, 5) is 26.9. The van der Waals surface area contributed by atoms with Crippen LogP contribution < -0.4 is 5.32 Å². The highest BCUT2D eigenvalue weighted by Crippen LogP contribution is 2.46. The average molecular weight is 426 g/mol. The van der Waals surface area contributed by atoms with E-state index in [-0.39, 0.29) is 47.8 Å². The van der Waals surface area contributed by atoms with E-state index in [4.69, 9.17) is 0 Å². The zero-order valence-electron chi connectivity index (χ0n) is 16.9. The van der Waals surface area contributed by atoms with Crippen LogP contribution in [0.15, 0.2) is 36.4 Å². The second-order valence-corrected chi connectivity index (χ2v) is 9.02. The minimum Gasteiger partial charge on any atom is -0.353 e. The van der Waals surface area contributed by atoms with Gasteiger partial charge in [0.25, 0.3) is 0 Å². The number of nitrogens with one attached hydrogen (secondary N) is 2. The molecule has 2 N–H and O–H groups in total. The Morgan fingerprint density at radius 2 is 1.74 bits per heavy atom. The van der Waals surface area contributed by atoms with Gasteiger partial charge in [0, 0.05) is 30.3 Å². The van der Waals surface area contributed by atoms with Gasteiger partial charge in [0.1, 0.15) is 23.2 Å². The number of hydrogen-bond donors (Lipinski definition) is 2. The molecule has 2 aliphatic carbocycles. The molecule has 1 aromatic heterocycles. The highest BCUT2D eigenvalue weighted by Gasteiger charge is 2.47. The summed E-state index contributed by atoms with van der Waals surface area (Å²) in [6, 6.07) is 7.94. The zero-order chi connectivity index (χ0) is 21.9. The molecule has 1 heterocycles. The number of fused-ring (bicyclic) bond motifs is 1. The van der Waals surface area contributed by atoms with Crippen molar-refractivity contribution in [2.75, 3.05) is 0 Å². The Kier molecular flexibility index (Phi) is 4.46. The van der Waals surface area contributed by atoms with Gasteiger partial charge in [0.15, 0.2) is 0 Å². The summed E-state index contributed by atoms with van der Waals surface area (Å²) in [5.41, 5.74) is 1.67. The number of benzene rings is 2. The first-order chi connectivity index (χ1) is 14.7. The molecule has 2 aromatic carbocycles. The summed E-state index contributed by atoms with van der Waals surface area (Å²) in [5.74, 6) is -1.77. The molecule has 2 fully saturated rings. The standard InChI is InChI=1S/C24H21F3N2O2/c1-24(10-17(30)11-24)23(31)28-16-6-13(7-16)20-18-8-15(26)9-19(27)22(18)29-21(20)12-2-4-14(25)5-3-12/h2-5,8-9,13,16,29H,6-7,10-11H2,1H3,(H,28,31)/t13-,16-. The van der Waals surface area contributed by atoms with E-state index in [1.807, 2.05) is 0 Å². The summed E-state index contributed by atoms with van der Waals surface area (Å²) in [6.07, 6.45) is 1.78. The van der Waals surface area contributed by atoms with E-state index in [1.165, 1.54) is 18.2 Å². The number of amides is 1. The van der Waals surface area contributed by atoms with Crippen LogP contribution in [0.1, 0.15) is 44.1 Å². The average Bonchev–Trinajstić information content (AvgIpc) is 3.02. The van der Waals surface area contributed by atoms with Gasteiger partial charge in [-0.15, -0.1) is 0 Å². The van der Waals surface area contributed by atoms with Gasteiger partial charge in [-0.3, -0.25) is 9.59 Å². The van der Waals surface area contributed by atoms with Crippen molar-refractivity contribution < 1.29 is 22.8 Å². The Hall–Kier alpha value is -3.09. The fourth-order valence-corrected chi connectivity index (χ4v) is 4.82. The van der Waals surface area contributed by atoms with E-state index >= 15 is 0 Å². The van der Waals surface area contributed by atoms with Crippen molar-refractivity contribution in [3.8, 4) is 11.3 Å². The first-order valence-corrected chi connectivity index (χ1v) is 10.3. The quantitative estimate of drug-likeness (QED) is 0.618. The minimum atomic E-state index is -0.684. The molecule has 7 heteroatoms. The molecule has 31 heavy (non-hydrogen) atoms. The number of aromatic nitrogens is 1. The maximum atomic E-state index is 14.4. The third-order valence-corrected chi connectivity index (χ3v) is 6.60. The van der Waals surface area contributed by atoms with Crippen LogP contribution in [0, 0.1) is 22.9 Å². The molecule has 2 aliphatic rings. The Balaban J connectivity index is 1.44. The highest BCUT2D eigenvalue weighted by molar-refractivity contribution is 5.99. The second-order valence-electron chi connectivity index (χ2n) is 9.02. The van der Waals surface area contributed by atoms with Crippen molar-refractivity contribution in [2.45, 2.75) is 44.6 Å². The largest absolute Gasteiger partial charge is 0.353 e. The molecular formula is C24H21F3N2O2. The minimum absolute atomic E-state index is 0.0175. The van der Waals surface area contributed by atoms with Crippen LogP contribution in [-0.4, -0.2) is 22.7 Å². The first kappa shape index (κ1) is 19.8. The van der Waals surface area contributed by atoms with Crippen LogP contribution in [0.2, 0.25) is 0 Å². The molecular weight excluding hydrogens is 405 g/mol. The van der Waals surface area contributed by atoms with Crippen molar-refractivity contribution in [2.24, 2.45) is 5.41 Å². The van der Waals surface area contributed by atoms with Crippen molar-refractivity contribution >= 4 is 22.6 Å². The Bertz CT molecular complexity index is 1200. The Morgan fingerprint density at radius 1 is 1.06 bits per heavy atom. The van der Waals surface area contributed by atoms with E-state index in [1.54, 1.807) is 19.1 Å². The first-order valence-electron chi connectivity index (χ1n) is 10.3. The summed E-state index contributed by atoms with van der Waals surface area (Å²) in [7, 11) is 0. The van der Waals surface area contributed by atoms with E-state index in [0.29, 0.717) is 29.5 Å². The number of halogens is 3. The SMILES string of the molecule is CC1(C(=O)N[C@H]2C[C@H](c3c(-c4ccc(F)cc4)[nH]c4c(F)cc(F)cc43)C2)CC(=O)C1. The lowest BCUT2D eigenvalue weighted by Crippen LogP contribution is -2.53. The lowest BCUT2D eigenvalue weighted by atomic mass is 9.68. The van der Waals surface area contributed by atoms with Gasteiger partial charge in [-0.05, 0) is 67.1 Å². The van der Waals surface area contributed by atoms with Gasteiger partial charge in [0.2, 0.25) is 5.91 Å². The maximum absolute atomic E-state index is 14.4. The summed E-state index contributed by atoms with van der Waals surface area (Å²) in [5, 5.41) is 3.47. The molecule has 2 saturated carbocycles. The molecule has 0 bridgehead atoms. The molecule has 0 unspecified atom stereocenters. The summed E-state index contributed by atoms with van der Waals surface area (Å²) < 4.78 is 41.8. The Labute approximate surface area is 176 Å². The molecule has 0 spiro atoms. The van der Waals surface area contributed by atoms with Gasteiger partial charge >= 0.3 is 0 Å². The van der Waals surface area contributed by atoms with E-state index < -0.39 is 17.0 Å². The molecule has 160 valence electrons. The van der Waals surface area contributed by atoms with Gasteiger partial charge < -0.3 is 10.3 Å². The monoisotopic (exact) mass is 426 g/mol. The molecule has 0 radical (unpaired) electrons. The molecule has 3 aromatic rings. The number of Topliss-reactive ketones (excluding diaryl/α,β-unsaturated/α-hetero) is 1. The summed E-state index contributed by atoms with van der Waals surface area (Å²) in [6.45, 7) is 1.79. The topological polar surface area (TPSA) is 62.0 Å². The summed E-state index contributed by atoms with van der Waals surface area (Å²) >= 11 is 0. The zero-order valence-corrected chi connectivity index (χ0v) is 16.9. The highest BCUT2D eigenvalue weighted by atomic mass is 19.1. The predicted molar refractivity (Wildman–Crippen MR) is 110 cm³/mol. The number of carbonyl (C=O) groups excluding carboxylic acids is 2. The van der Waals surface area contributed by atoms with Gasteiger partial charge in [-0.25, -0.2) is 13.2 Å². The fraction of sp³-hybridized carbons (Fsp3) is 0.333. The van der Waals surface area contributed by atoms with Crippen LogP contribution in [0.5, 0.6) is 0 Å². The van der Waals surface area contributed by atoms with E-state index in [9.17, 15) is 22.8 Å². The molecule has 0 aliphatic heterocycles. The molecule has 1 amide bonds. The fourth-order valence-electron chi connectivity index (χ4n) is 4.82. The molecule has 5 rings (SSSR count). The number of rotatable bonds is 4. The van der Waals surface area contributed by atoms with Crippen molar-refractivity contribution in [3.63, 3.8) is 0 Å². The van der Waals surface area contributed by atoms with Gasteiger partial charge in [-0.1, -0.05) is 0 Å². The molecule has 0 atom stereocenters. The van der Waals surface area contributed by atoms with Crippen molar-refractivity contribution in [1.82, 2.24) is 10.3 Å². The van der Waals surface area contributed by atoms with Crippen molar-refractivity contribution in [1.29, 1.82) is 0 Å². The number of ketones is 1. The third-order valence-electron chi connectivity index (χ3n) is 6.60. The lowest BCUT2D eigenvalue weighted by molar-refractivity contribution is -0.146. The predicted octanol–water partition coefficient (Wildman–Crippen LogP) is 4.98. The number of carbonyl (C=O) groups is 2. The van der Waals surface area contributed by atoms with Crippen LogP contribution in [0.4, 0.5) is 13.2 Å². The Morgan fingerprint density at radius 3 is 2.39 bits per heavy atom. The van der Waals surface area contributed by atoms with Gasteiger partial charge in [0.05, 0.1) is 16.6 Å². The van der Waals surface area contributed by atoms with Crippen LogP contribution >= 0.6 is 0 Å². The molecule has 4 nitrogen and oxygen atoms in total. The smallest absolute Gasteiger partial charge is 0.227 e. The van der Waals surface area contributed by atoms with Gasteiger partial charge in [-0.2, -0.15) is 0 Å². The lowest BCUT2D eigenvalue weighted by Gasteiger charge is -2.41. The van der Waals surface area contributed by atoms with E-state index in [0.717, 1.165) is 11.6 Å². The van der Waals surface area contributed by atoms with Crippen LogP contribution in [0.25, 0.3) is 22.2 Å². The van der Waals surface area contributed by atoms with E-state index in [2.05, 4.69) is 10.3 Å². The number of hydrogen-bond acceptors (Lipinski definition) is 2. The third kappa shape index (κ3) is 3.32. The van der Waals surface area contributed by atoms with Crippen molar-refractivity contribution in [3.05, 3.63) is 59.4 Å². The molecule has 0 saturated heterocycles. The number of aromatic amines is 1. The van der Waals surface area contributed by atoms with Crippen LogP contribution in [0.3, 0.4) is 0 Å². The normalized spacial score (nSPS) is 22.1. The maximum Gasteiger partial charge on any atom is 0.227 e. The second kappa shape index (κ2) is 6.97. The van der Waals surface area contributed by atoms with Crippen LogP contribution in [-0.2, 0) is 9.59 Å².